The Morgan fingerprint density at radius 1 is 0.846 bits per heavy atom. The number of rotatable bonds is 9. The fourth-order valence-electron chi connectivity index (χ4n) is 3.13. The minimum Gasteiger partial charge on any atom is -0.508 e. The lowest BCUT2D eigenvalue weighted by Crippen LogP contribution is -2.28. The number of carbonyl (C=O) groups is 2. The van der Waals surface area contributed by atoms with Gasteiger partial charge in [-0.05, 0) is 60.6 Å². The van der Waals surface area contributed by atoms with Crippen molar-refractivity contribution < 1.29 is 30.0 Å². The van der Waals surface area contributed by atoms with Crippen LogP contribution < -0.4 is 0 Å². The van der Waals surface area contributed by atoms with Crippen LogP contribution in [0.5, 0.6) is 11.5 Å². The summed E-state index contributed by atoms with van der Waals surface area (Å²) < 4.78 is 0. The van der Waals surface area contributed by atoms with Gasteiger partial charge in [-0.1, -0.05) is 24.3 Å². The zero-order chi connectivity index (χ0) is 19.1. The summed E-state index contributed by atoms with van der Waals surface area (Å²) in [5.74, 6) is -3.08. The molecule has 0 radical (unpaired) electrons. The average Bonchev–Trinajstić information content (AvgIpc) is 2.56. The van der Waals surface area contributed by atoms with Crippen molar-refractivity contribution in [3.05, 3.63) is 59.7 Å². The van der Waals surface area contributed by atoms with Crippen LogP contribution in [-0.4, -0.2) is 32.4 Å². The van der Waals surface area contributed by atoms with E-state index in [1.165, 1.54) is 18.2 Å². The van der Waals surface area contributed by atoms with E-state index in [4.69, 9.17) is 5.11 Å². The minimum atomic E-state index is -1.01. The van der Waals surface area contributed by atoms with E-state index in [2.05, 4.69) is 0 Å². The molecule has 0 unspecified atom stereocenters. The Morgan fingerprint density at radius 3 is 1.85 bits per heavy atom. The van der Waals surface area contributed by atoms with E-state index >= 15 is 0 Å². The van der Waals surface area contributed by atoms with Crippen LogP contribution in [0, 0.1) is 11.8 Å². The quantitative estimate of drug-likeness (QED) is 0.548. The van der Waals surface area contributed by atoms with Crippen LogP contribution in [-0.2, 0) is 22.4 Å². The number of aliphatic carboxylic acids is 2. The Bertz CT molecular complexity index is 770. The Morgan fingerprint density at radius 2 is 1.38 bits per heavy atom. The predicted octanol–water partition coefficient (Wildman–Crippen LogP) is 3.06. The Labute approximate surface area is 151 Å². The number of hydrogen-bond acceptors (Lipinski definition) is 4. The lowest BCUT2D eigenvalue weighted by atomic mass is 9.80. The van der Waals surface area contributed by atoms with E-state index in [9.17, 15) is 24.9 Å². The molecule has 4 N–H and O–H groups in total. The van der Waals surface area contributed by atoms with Gasteiger partial charge in [-0.15, -0.1) is 0 Å². The molecular weight excluding hydrogens is 336 g/mol. The molecule has 0 amide bonds. The first-order valence-corrected chi connectivity index (χ1v) is 8.35. The molecule has 0 spiro atoms. The number of carboxylic acid groups (broad SMARTS) is 2. The van der Waals surface area contributed by atoms with Crippen molar-refractivity contribution in [1.29, 1.82) is 0 Å². The van der Waals surface area contributed by atoms with E-state index in [-0.39, 0.29) is 30.8 Å². The third-order valence-electron chi connectivity index (χ3n) is 4.39. The van der Waals surface area contributed by atoms with Crippen molar-refractivity contribution in [3.8, 4) is 11.5 Å². The van der Waals surface area contributed by atoms with Crippen LogP contribution >= 0.6 is 0 Å². The van der Waals surface area contributed by atoms with Crippen molar-refractivity contribution in [2.45, 2.75) is 25.7 Å². The number of carboxylic acids is 2. The third-order valence-corrected chi connectivity index (χ3v) is 4.39. The second-order valence-corrected chi connectivity index (χ2v) is 6.39. The first-order valence-electron chi connectivity index (χ1n) is 8.35. The first-order chi connectivity index (χ1) is 12.3. The van der Waals surface area contributed by atoms with Gasteiger partial charge in [0.05, 0.1) is 5.92 Å². The molecule has 0 bridgehead atoms. The highest BCUT2D eigenvalue weighted by atomic mass is 16.4. The summed E-state index contributed by atoms with van der Waals surface area (Å²) in [6.07, 6.45) is 0.609. The van der Waals surface area contributed by atoms with Gasteiger partial charge >= 0.3 is 11.9 Å². The Hall–Kier alpha value is -3.02. The van der Waals surface area contributed by atoms with Crippen LogP contribution in [0.4, 0.5) is 0 Å². The molecule has 6 nitrogen and oxygen atoms in total. The average molecular weight is 358 g/mol. The second kappa shape index (κ2) is 8.89. The Kier molecular flexibility index (Phi) is 6.60. The van der Waals surface area contributed by atoms with Crippen molar-refractivity contribution in [2.24, 2.45) is 11.8 Å². The largest absolute Gasteiger partial charge is 0.508 e. The van der Waals surface area contributed by atoms with Crippen molar-refractivity contribution in [2.75, 3.05) is 0 Å². The minimum absolute atomic E-state index is 0.0571. The van der Waals surface area contributed by atoms with Crippen molar-refractivity contribution >= 4 is 11.9 Å². The fraction of sp³-hybridized carbons (Fsp3) is 0.300. The molecule has 0 saturated heterocycles. The molecule has 0 fully saturated rings. The maximum Gasteiger partial charge on any atom is 0.307 e. The number of phenolic OH excluding ortho intramolecular Hbond substituents is 2. The first kappa shape index (κ1) is 19.3. The molecule has 6 heteroatoms. The highest BCUT2D eigenvalue weighted by Gasteiger charge is 2.29. The van der Waals surface area contributed by atoms with Crippen LogP contribution in [0.3, 0.4) is 0 Å². The summed E-state index contributed by atoms with van der Waals surface area (Å²) in [7, 11) is 0. The van der Waals surface area contributed by atoms with E-state index < -0.39 is 23.8 Å². The van der Waals surface area contributed by atoms with Gasteiger partial charge in [0.15, 0.2) is 0 Å². The van der Waals surface area contributed by atoms with Gasteiger partial charge in [-0.2, -0.15) is 0 Å². The zero-order valence-corrected chi connectivity index (χ0v) is 14.2. The standard InChI is InChI=1S/C20H22O6/c21-16-5-1-3-13(10-16)9-15(7-8-19(23)24)18(20(25)26)12-14-4-2-6-17(22)11-14/h1-6,10-11,15,18,21-22H,7-9,12H2,(H,23,24)(H,25,26)/t15-,18-/m0/s1. The number of aromatic hydroxyl groups is 2. The maximum atomic E-state index is 11.9. The molecular formula is C20H22O6. The lowest BCUT2D eigenvalue weighted by molar-refractivity contribution is -0.145. The predicted molar refractivity (Wildman–Crippen MR) is 95.1 cm³/mol. The molecule has 0 aliphatic rings. The smallest absolute Gasteiger partial charge is 0.307 e. The molecule has 2 rings (SSSR count). The van der Waals surface area contributed by atoms with Crippen molar-refractivity contribution in [3.63, 3.8) is 0 Å². The van der Waals surface area contributed by atoms with E-state index in [1.807, 2.05) is 0 Å². The summed E-state index contributed by atoms with van der Waals surface area (Å²) in [5, 5.41) is 37.9. The number of benzene rings is 2. The molecule has 0 aliphatic carbocycles. The van der Waals surface area contributed by atoms with Gasteiger partial charge in [0.25, 0.3) is 0 Å². The number of hydrogen-bond donors (Lipinski definition) is 4. The van der Waals surface area contributed by atoms with Gasteiger partial charge in [-0.3, -0.25) is 9.59 Å². The zero-order valence-electron chi connectivity index (χ0n) is 14.2. The third kappa shape index (κ3) is 5.81. The van der Waals surface area contributed by atoms with Crippen LogP contribution in [0.25, 0.3) is 0 Å². The Balaban J connectivity index is 2.25. The summed E-state index contributed by atoms with van der Waals surface area (Å²) in [6.45, 7) is 0. The molecule has 2 aromatic carbocycles. The van der Waals surface area contributed by atoms with E-state index in [1.54, 1.807) is 30.3 Å². The van der Waals surface area contributed by atoms with Gasteiger partial charge in [-0.25, -0.2) is 0 Å². The highest BCUT2D eigenvalue weighted by Crippen LogP contribution is 2.28. The van der Waals surface area contributed by atoms with Gasteiger partial charge in [0.1, 0.15) is 11.5 Å². The molecule has 26 heavy (non-hydrogen) atoms. The van der Waals surface area contributed by atoms with Crippen LogP contribution in [0.15, 0.2) is 48.5 Å². The van der Waals surface area contributed by atoms with Crippen LogP contribution in [0.1, 0.15) is 24.0 Å². The molecule has 2 aromatic rings. The van der Waals surface area contributed by atoms with Crippen LogP contribution in [0.2, 0.25) is 0 Å². The van der Waals surface area contributed by atoms with Gasteiger partial charge in [0.2, 0.25) is 0 Å². The second-order valence-electron chi connectivity index (χ2n) is 6.39. The lowest BCUT2D eigenvalue weighted by Gasteiger charge is -2.24. The summed E-state index contributed by atoms with van der Waals surface area (Å²) in [4.78, 5) is 22.9. The summed E-state index contributed by atoms with van der Waals surface area (Å²) in [5.41, 5.74) is 1.43. The monoisotopic (exact) mass is 358 g/mol. The molecule has 138 valence electrons. The SMILES string of the molecule is O=C(O)CC[C@@H](Cc1cccc(O)c1)[C@H](Cc1cccc(O)c1)C(=O)O. The highest BCUT2D eigenvalue weighted by molar-refractivity contribution is 5.71. The number of phenols is 2. The summed E-state index contributed by atoms with van der Waals surface area (Å²) in [6, 6.07) is 12.9. The summed E-state index contributed by atoms with van der Waals surface area (Å²) >= 11 is 0. The normalized spacial score (nSPS) is 13.1. The molecule has 0 saturated carbocycles. The maximum absolute atomic E-state index is 11.9. The van der Waals surface area contributed by atoms with Gasteiger partial charge in [0, 0.05) is 6.42 Å². The van der Waals surface area contributed by atoms with Gasteiger partial charge < -0.3 is 20.4 Å². The molecule has 0 heterocycles. The molecule has 0 aromatic heterocycles. The molecule has 0 aliphatic heterocycles. The van der Waals surface area contributed by atoms with E-state index in [0.717, 1.165) is 5.56 Å². The fourth-order valence-corrected chi connectivity index (χ4v) is 3.13. The topological polar surface area (TPSA) is 115 Å². The van der Waals surface area contributed by atoms with E-state index in [0.29, 0.717) is 12.0 Å². The van der Waals surface area contributed by atoms with Crippen molar-refractivity contribution in [1.82, 2.24) is 0 Å². The molecule has 2 atom stereocenters.